The zero-order valence-electron chi connectivity index (χ0n) is 17.4. The maximum Gasteiger partial charge on any atom is 0.411 e. The minimum atomic E-state index is -4.29. The summed E-state index contributed by atoms with van der Waals surface area (Å²) in [6.45, 7) is 5.97. The Balaban J connectivity index is 1.64. The molecule has 0 amide bonds. The molecule has 0 aromatic heterocycles. The summed E-state index contributed by atoms with van der Waals surface area (Å²) >= 11 is 0. The summed E-state index contributed by atoms with van der Waals surface area (Å²) < 4.78 is 41.0. The highest BCUT2D eigenvalue weighted by molar-refractivity contribution is 5.79. The lowest BCUT2D eigenvalue weighted by molar-refractivity contribution is -0.176. The Labute approximate surface area is 171 Å². The first-order chi connectivity index (χ1) is 13.9. The van der Waals surface area contributed by atoms with Gasteiger partial charge in [-0.05, 0) is 55.9 Å². The first kappa shape index (κ1) is 23.5. The van der Waals surface area contributed by atoms with Crippen molar-refractivity contribution in [3.05, 3.63) is 35.4 Å². The van der Waals surface area contributed by atoms with Gasteiger partial charge in [-0.1, -0.05) is 31.2 Å². The van der Waals surface area contributed by atoms with Crippen molar-refractivity contribution in [1.82, 2.24) is 15.5 Å². The van der Waals surface area contributed by atoms with Crippen LogP contribution in [-0.2, 0) is 17.9 Å². The number of nitrogens with one attached hydrogen (secondary N) is 2. The smallest absolute Gasteiger partial charge is 0.367 e. The van der Waals surface area contributed by atoms with E-state index in [4.69, 9.17) is 0 Å². The molecule has 8 heteroatoms. The third-order valence-corrected chi connectivity index (χ3v) is 5.24. The van der Waals surface area contributed by atoms with Gasteiger partial charge < -0.3 is 20.3 Å². The number of ether oxygens (including phenoxy) is 1. The van der Waals surface area contributed by atoms with Gasteiger partial charge in [0.1, 0.15) is 6.61 Å². The average Bonchev–Trinajstić information content (AvgIpc) is 2.71. The average molecular weight is 415 g/mol. The van der Waals surface area contributed by atoms with Crippen LogP contribution in [-0.4, -0.2) is 56.9 Å². The number of alkyl halides is 3. The molecular formula is C21H33F3N4O. The lowest BCUT2D eigenvalue weighted by Crippen LogP contribution is -2.39. The van der Waals surface area contributed by atoms with E-state index in [0.717, 1.165) is 42.5 Å². The highest BCUT2D eigenvalue weighted by atomic mass is 19.4. The van der Waals surface area contributed by atoms with Crippen molar-refractivity contribution in [1.29, 1.82) is 0 Å². The van der Waals surface area contributed by atoms with Gasteiger partial charge in [-0.15, -0.1) is 0 Å². The summed E-state index contributed by atoms with van der Waals surface area (Å²) in [7, 11) is 1.75. The van der Waals surface area contributed by atoms with Crippen LogP contribution >= 0.6 is 0 Å². The highest BCUT2D eigenvalue weighted by Crippen LogP contribution is 2.19. The molecule has 0 aliphatic carbocycles. The van der Waals surface area contributed by atoms with Crippen LogP contribution < -0.4 is 10.6 Å². The number of likely N-dealkylation sites (tertiary alicyclic amines) is 1. The summed E-state index contributed by atoms with van der Waals surface area (Å²) in [4.78, 5) is 6.75. The molecule has 29 heavy (non-hydrogen) atoms. The van der Waals surface area contributed by atoms with Crippen molar-refractivity contribution in [2.24, 2.45) is 10.9 Å². The van der Waals surface area contributed by atoms with E-state index in [2.05, 4.69) is 32.2 Å². The molecule has 5 nitrogen and oxygen atoms in total. The van der Waals surface area contributed by atoms with Crippen LogP contribution in [0.2, 0.25) is 0 Å². The predicted molar refractivity (Wildman–Crippen MR) is 110 cm³/mol. The van der Waals surface area contributed by atoms with E-state index < -0.39 is 12.8 Å². The zero-order chi connectivity index (χ0) is 21.1. The molecule has 0 atom stereocenters. The molecule has 1 fully saturated rings. The topological polar surface area (TPSA) is 48.9 Å². The monoisotopic (exact) mass is 414 g/mol. The number of benzene rings is 1. The Bertz CT molecular complexity index is 611. The summed E-state index contributed by atoms with van der Waals surface area (Å²) in [5, 5.41) is 6.64. The minimum Gasteiger partial charge on any atom is -0.367 e. The molecule has 164 valence electrons. The van der Waals surface area contributed by atoms with Gasteiger partial charge in [0.05, 0.1) is 6.61 Å². The Morgan fingerprint density at radius 1 is 1.14 bits per heavy atom. The van der Waals surface area contributed by atoms with E-state index in [9.17, 15) is 13.2 Å². The van der Waals surface area contributed by atoms with Crippen LogP contribution in [0.15, 0.2) is 29.3 Å². The van der Waals surface area contributed by atoms with E-state index in [0.29, 0.717) is 6.54 Å². The number of halogens is 3. The van der Waals surface area contributed by atoms with E-state index in [1.54, 1.807) is 19.2 Å². The first-order valence-electron chi connectivity index (χ1n) is 10.3. The number of rotatable bonds is 9. The van der Waals surface area contributed by atoms with E-state index in [-0.39, 0.29) is 6.61 Å². The van der Waals surface area contributed by atoms with Gasteiger partial charge in [-0.25, -0.2) is 0 Å². The molecule has 1 aliphatic heterocycles. The number of guanidine groups is 1. The number of nitrogens with zero attached hydrogens (tertiary/aromatic N) is 2. The van der Waals surface area contributed by atoms with Gasteiger partial charge in [0.25, 0.3) is 0 Å². The van der Waals surface area contributed by atoms with Crippen molar-refractivity contribution < 1.29 is 17.9 Å². The first-order valence-corrected chi connectivity index (χ1v) is 10.3. The maximum atomic E-state index is 12.1. The fraction of sp³-hybridized carbons (Fsp3) is 0.667. The quantitative estimate of drug-likeness (QED) is 0.479. The molecule has 0 radical (unpaired) electrons. The van der Waals surface area contributed by atoms with Gasteiger partial charge in [-0.3, -0.25) is 4.99 Å². The minimum absolute atomic E-state index is 0.0480. The second-order valence-corrected chi connectivity index (χ2v) is 7.44. The van der Waals surface area contributed by atoms with Crippen molar-refractivity contribution in [3.8, 4) is 0 Å². The fourth-order valence-corrected chi connectivity index (χ4v) is 3.43. The Morgan fingerprint density at radius 2 is 1.79 bits per heavy atom. The van der Waals surface area contributed by atoms with Gasteiger partial charge in [0.15, 0.2) is 5.96 Å². The highest BCUT2D eigenvalue weighted by Gasteiger charge is 2.27. The third kappa shape index (κ3) is 9.49. The van der Waals surface area contributed by atoms with Gasteiger partial charge in [-0.2, -0.15) is 13.2 Å². The molecule has 0 spiro atoms. The normalized spacial score (nSPS) is 16.8. The van der Waals surface area contributed by atoms with Crippen LogP contribution in [0.4, 0.5) is 13.2 Å². The molecule has 0 saturated carbocycles. The number of piperidine rings is 1. The summed E-state index contributed by atoms with van der Waals surface area (Å²) in [6, 6.07) is 7.33. The van der Waals surface area contributed by atoms with Crippen LogP contribution in [0.1, 0.15) is 37.3 Å². The Kier molecular flexibility index (Phi) is 9.73. The largest absolute Gasteiger partial charge is 0.411 e. The van der Waals surface area contributed by atoms with Crippen molar-refractivity contribution in [2.75, 3.05) is 39.8 Å². The standard InChI is InChI=1S/C21H33F3N4O/c1-3-28-12-9-17(10-13-28)8-11-26-20(25-2)27-14-18-4-6-19(7-5-18)15-29-16-21(22,23)24/h4-7,17H,3,8-16H2,1-2H3,(H2,25,26,27). The Hall–Kier alpha value is -1.80. The van der Waals surface area contributed by atoms with Crippen LogP contribution in [0.3, 0.4) is 0 Å². The number of hydrogen-bond donors (Lipinski definition) is 2. The lowest BCUT2D eigenvalue weighted by atomic mass is 9.93. The summed E-state index contributed by atoms with van der Waals surface area (Å²) in [6.07, 6.45) is -0.619. The van der Waals surface area contributed by atoms with Crippen LogP contribution in [0.25, 0.3) is 0 Å². The van der Waals surface area contributed by atoms with E-state index in [1.807, 2.05) is 12.1 Å². The molecule has 1 aliphatic rings. The molecule has 2 rings (SSSR count). The summed E-state index contributed by atoms with van der Waals surface area (Å²) in [5.74, 6) is 1.53. The van der Waals surface area contributed by atoms with Crippen molar-refractivity contribution in [3.63, 3.8) is 0 Å². The van der Waals surface area contributed by atoms with E-state index in [1.165, 1.54) is 25.9 Å². The number of hydrogen-bond acceptors (Lipinski definition) is 3. The lowest BCUT2D eigenvalue weighted by Gasteiger charge is -2.31. The molecule has 1 aromatic rings. The molecule has 1 aromatic carbocycles. The van der Waals surface area contributed by atoms with Crippen LogP contribution in [0.5, 0.6) is 0 Å². The fourth-order valence-electron chi connectivity index (χ4n) is 3.43. The summed E-state index contributed by atoms with van der Waals surface area (Å²) in [5.41, 5.74) is 1.74. The molecule has 0 unspecified atom stereocenters. The van der Waals surface area contributed by atoms with Gasteiger partial charge in [0.2, 0.25) is 0 Å². The zero-order valence-corrected chi connectivity index (χ0v) is 17.4. The second kappa shape index (κ2) is 12.0. The molecular weight excluding hydrogens is 381 g/mol. The second-order valence-electron chi connectivity index (χ2n) is 7.44. The Morgan fingerprint density at radius 3 is 2.38 bits per heavy atom. The van der Waals surface area contributed by atoms with Crippen LogP contribution in [0, 0.1) is 5.92 Å². The SMILES string of the molecule is CCN1CCC(CCNC(=NC)NCc2ccc(COCC(F)(F)F)cc2)CC1. The molecule has 0 bridgehead atoms. The predicted octanol–water partition coefficient (Wildman–Crippen LogP) is 3.55. The van der Waals surface area contributed by atoms with Crippen molar-refractivity contribution in [2.45, 2.75) is 45.5 Å². The maximum absolute atomic E-state index is 12.1. The van der Waals surface area contributed by atoms with E-state index >= 15 is 0 Å². The molecule has 1 saturated heterocycles. The number of aliphatic imine (C=N–C) groups is 1. The van der Waals surface area contributed by atoms with Gasteiger partial charge in [0, 0.05) is 20.1 Å². The third-order valence-electron chi connectivity index (χ3n) is 5.24. The molecule has 2 N–H and O–H groups in total. The molecule has 1 heterocycles. The van der Waals surface area contributed by atoms with Gasteiger partial charge >= 0.3 is 6.18 Å². The van der Waals surface area contributed by atoms with Crippen molar-refractivity contribution >= 4 is 5.96 Å².